The molecule has 1 rings (SSSR count). The molecule has 0 aliphatic carbocycles. The van der Waals surface area contributed by atoms with Gasteiger partial charge in [0.2, 0.25) is 0 Å². The Bertz CT molecular complexity index is 441. The van der Waals surface area contributed by atoms with E-state index in [4.69, 9.17) is 0 Å². The van der Waals surface area contributed by atoms with Crippen LogP contribution in [-0.4, -0.2) is 31.2 Å². The molecule has 1 nitrogen and oxygen atoms in total. The first kappa shape index (κ1) is 25.2. The number of hydrogen-bond donors (Lipinski definition) is 0. The van der Waals surface area contributed by atoms with Crippen LogP contribution in [0.4, 0.5) is 0 Å². The lowest BCUT2D eigenvalue weighted by Crippen LogP contribution is -3.00. The zero-order chi connectivity index (χ0) is 18.4. The minimum absolute atomic E-state index is 0. The van der Waals surface area contributed by atoms with Gasteiger partial charge in [-0.15, -0.1) is 0 Å². The summed E-state index contributed by atoms with van der Waals surface area (Å²) in [6, 6.07) is 11.3. The van der Waals surface area contributed by atoms with E-state index in [0.29, 0.717) is 6.04 Å². The van der Waals surface area contributed by atoms with Crippen molar-refractivity contribution in [2.24, 2.45) is 0 Å². The van der Waals surface area contributed by atoms with Crippen LogP contribution in [0.15, 0.2) is 43.0 Å². The summed E-state index contributed by atoms with van der Waals surface area (Å²) in [5.74, 6) is 0. The highest BCUT2D eigenvalue weighted by Gasteiger charge is 2.25. The molecular weight excluding hydrogens is 338 g/mol. The van der Waals surface area contributed by atoms with Crippen molar-refractivity contribution in [3.63, 3.8) is 0 Å². The highest BCUT2D eigenvalue weighted by molar-refractivity contribution is 5.16. The van der Waals surface area contributed by atoms with Crippen LogP contribution in [0, 0.1) is 0 Å². The second kappa shape index (κ2) is 15.3. The average Bonchev–Trinajstić information content (AvgIpc) is 2.62. The first-order chi connectivity index (χ1) is 12.1. The largest absolute Gasteiger partial charge is 1.00 e. The molecule has 1 aromatic rings. The van der Waals surface area contributed by atoms with Crippen molar-refractivity contribution in [3.05, 3.63) is 48.6 Å². The number of nitrogens with zero attached hydrogens (tertiary/aromatic N) is 1. The molecule has 1 atom stereocenters. The number of likely N-dealkylation sites (N-methyl/N-ethyl adjacent to an activating group) is 1. The van der Waals surface area contributed by atoms with Gasteiger partial charge in [-0.2, -0.15) is 0 Å². The van der Waals surface area contributed by atoms with Crippen LogP contribution in [0.25, 0.3) is 0 Å². The molecule has 0 saturated heterocycles. The Morgan fingerprint density at radius 2 is 1.35 bits per heavy atom. The van der Waals surface area contributed by atoms with Crippen molar-refractivity contribution >= 4 is 0 Å². The molecule has 0 aliphatic rings. The second-order valence-corrected chi connectivity index (χ2v) is 8.18. The number of quaternary nitrogens is 1. The molecule has 0 radical (unpaired) electrons. The van der Waals surface area contributed by atoms with Gasteiger partial charge >= 0.3 is 0 Å². The SMILES string of the molecule is C=CC(Cc1ccccc1)[N+](C)(C)CCCCCCCCCCCC.[Cl-]. The number of hydrogen-bond acceptors (Lipinski definition) is 0. The smallest absolute Gasteiger partial charge is 0.111 e. The third-order valence-corrected chi connectivity index (χ3v) is 5.55. The molecule has 1 aromatic carbocycles. The predicted molar refractivity (Wildman–Crippen MR) is 113 cm³/mol. The van der Waals surface area contributed by atoms with Gasteiger partial charge in [0, 0.05) is 6.42 Å². The second-order valence-electron chi connectivity index (χ2n) is 8.18. The normalized spacial score (nSPS) is 12.4. The molecular formula is C24H42ClN. The maximum atomic E-state index is 4.11. The molecule has 26 heavy (non-hydrogen) atoms. The summed E-state index contributed by atoms with van der Waals surface area (Å²) in [4.78, 5) is 0. The molecule has 0 spiro atoms. The van der Waals surface area contributed by atoms with Gasteiger partial charge in [0.05, 0.1) is 20.6 Å². The molecule has 0 aliphatic heterocycles. The minimum Gasteiger partial charge on any atom is -1.00 e. The van der Waals surface area contributed by atoms with Crippen molar-refractivity contribution in [2.45, 2.75) is 83.6 Å². The summed E-state index contributed by atoms with van der Waals surface area (Å²) in [6.07, 6.45) is 17.3. The summed E-state index contributed by atoms with van der Waals surface area (Å²) < 4.78 is 1.05. The van der Waals surface area contributed by atoms with Crippen LogP contribution in [0.5, 0.6) is 0 Å². The molecule has 2 heteroatoms. The van der Waals surface area contributed by atoms with Crippen LogP contribution in [0.1, 0.15) is 76.7 Å². The summed E-state index contributed by atoms with van der Waals surface area (Å²) in [5.41, 5.74) is 1.42. The molecule has 0 fully saturated rings. The quantitative estimate of drug-likeness (QED) is 0.247. The van der Waals surface area contributed by atoms with Gasteiger partial charge in [-0.3, -0.25) is 0 Å². The van der Waals surface area contributed by atoms with Crippen molar-refractivity contribution in [3.8, 4) is 0 Å². The molecule has 150 valence electrons. The highest BCUT2D eigenvalue weighted by Crippen LogP contribution is 2.17. The van der Waals surface area contributed by atoms with E-state index in [1.807, 2.05) is 0 Å². The summed E-state index contributed by atoms with van der Waals surface area (Å²) in [5, 5.41) is 0. The van der Waals surface area contributed by atoms with Gasteiger partial charge < -0.3 is 16.9 Å². The van der Waals surface area contributed by atoms with Gasteiger partial charge in [-0.05, 0) is 24.5 Å². The van der Waals surface area contributed by atoms with Gasteiger partial charge in [0.15, 0.2) is 0 Å². The topological polar surface area (TPSA) is 0 Å². The number of benzene rings is 1. The Labute approximate surface area is 169 Å². The van der Waals surface area contributed by atoms with Crippen LogP contribution in [0.3, 0.4) is 0 Å². The predicted octanol–water partition coefficient (Wildman–Crippen LogP) is 3.79. The Kier molecular flexibility index (Phi) is 14.8. The fourth-order valence-electron chi connectivity index (χ4n) is 3.64. The highest BCUT2D eigenvalue weighted by atomic mass is 35.5. The lowest BCUT2D eigenvalue weighted by molar-refractivity contribution is -0.908. The molecule has 0 bridgehead atoms. The maximum absolute atomic E-state index is 4.11. The molecule has 0 aromatic heterocycles. The first-order valence-corrected chi connectivity index (χ1v) is 10.6. The Morgan fingerprint density at radius 3 is 1.85 bits per heavy atom. The van der Waals surface area contributed by atoms with E-state index < -0.39 is 0 Å². The third-order valence-electron chi connectivity index (χ3n) is 5.55. The third kappa shape index (κ3) is 11.0. The Hall–Kier alpha value is -0.790. The van der Waals surface area contributed by atoms with Crippen molar-refractivity contribution in [1.82, 2.24) is 0 Å². The Morgan fingerprint density at radius 1 is 0.846 bits per heavy atom. The van der Waals surface area contributed by atoms with Crippen LogP contribution in [0.2, 0.25) is 0 Å². The zero-order valence-electron chi connectivity index (χ0n) is 17.6. The zero-order valence-corrected chi connectivity index (χ0v) is 18.3. The first-order valence-electron chi connectivity index (χ1n) is 10.6. The van der Waals surface area contributed by atoms with E-state index in [9.17, 15) is 0 Å². The summed E-state index contributed by atoms with van der Waals surface area (Å²) >= 11 is 0. The van der Waals surface area contributed by atoms with Gasteiger partial charge in [-0.25, -0.2) is 0 Å². The molecule has 1 unspecified atom stereocenters. The fraction of sp³-hybridized carbons (Fsp3) is 0.667. The molecule has 0 amide bonds. The molecule has 0 heterocycles. The van der Waals surface area contributed by atoms with Crippen LogP contribution < -0.4 is 12.4 Å². The number of halogens is 1. The maximum Gasteiger partial charge on any atom is 0.111 e. The van der Waals surface area contributed by atoms with E-state index in [2.05, 4.69) is 64.0 Å². The average molecular weight is 380 g/mol. The van der Waals surface area contributed by atoms with Gasteiger partial charge in [0.25, 0.3) is 0 Å². The van der Waals surface area contributed by atoms with Crippen molar-refractivity contribution < 1.29 is 16.9 Å². The monoisotopic (exact) mass is 379 g/mol. The van der Waals surface area contributed by atoms with E-state index in [1.54, 1.807) is 0 Å². The van der Waals surface area contributed by atoms with E-state index >= 15 is 0 Å². The standard InChI is InChI=1S/C24H42N.ClH/c1-5-7-8-9-10-11-12-13-14-18-21-25(3,4)24(6-2)22-23-19-16-15-17-20-23;/h6,15-17,19-20,24H,2,5,7-14,18,21-22H2,1,3-4H3;1H/q+1;/p-1. The molecule has 0 N–H and O–H groups in total. The number of rotatable bonds is 15. The van der Waals surface area contributed by atoms with Crippen LogP contribution >= 0.6 is 0 Å². The van der Waals surface area contributed by atoms with E-state index in [-0.39, 0.29) is 12.4 Å². The minimum atomic E-state index is 0. The van der Waals surface area contributed by atoms with Crippen molar-refractivity contribution in [1.29, 1.82) is 0 Å². The van der Waals surface area contributed by atoms with Crippen molar-refractivity contribution in [2.75, 3.05) is 20.6 Å². The van der Waals surface area contributed by atoms with Gasteiger partial charge in [0.1, 0.15) is 6.04 Å². The molecule has 0 saturated carbocycles. The summed E-state index contributed by atoms with van der Waals surface area (Å²) in [6.45, 7) is 7.65. The lowest BCUT2D eigenvalue weighted by Gasteiger charge is -2.37. The van der Waals surface area contributed by atoms with E-state index in [0.717, 1.165) is 10.9 Å². The number of unbranched alkanes of at least 4 members (excludes halogenated alkanes) is 9. The summed E-state index contributed by atoms with van der Waals surface area (Å²) in [7, 11) is 4.73. The van der Waals surface area contributed by atoms with E-state index in [1.165, 1.54) is 76.3 Å². The lowest BCUT2D eigenvalue weighted by atomic mass is 10.0. The van der Waals surface area contributed by atoms with Gasteiger partial charge in [-0.1, -0.05) is 95.2 Å². The Balaban J connectivity index is 0.00000625. The fourth-order valence-corrected chi connectivity index (χ4v) is 3.64. The van der Waals surface area contributed by atoms with Crippen LogP contribution in [-0.2, 0) is 6.42 Å².